The molecule has 0 aliphatic carbocycles. The van der Waals surface area contributed by atoms with Crippen molar-refractivity contribution in [1.29, 1.82) is 0 Å². The number of nitrogens with zero attached hydrogens (tertiary/aromatic N) is 2. The molecule has 1 aliphatic rings. The number of nitrogens with one attached hydrogen (secondary N) is 1. The van der Waals surface area contributed by atoms with Crippen molar-refractivity contribution in [2.75, 3.05) is 31.7 Å². The fourth-order valence-electron chi connectivity index (χ4n) is 2.45. The van der Waals surface area contributed by atoms with Gasteiger partial charge in [-0.05, 0) is 12.8 Å². The van der Waals surface area contributed by atoms with Crippen LogP contribution < -0.4 is 5.32 Å². The average molecular weight is 305 g/mol. The lowest BCUT2D eigenvalue weighted by atomic mass is 9.81. The summed E-state index contributed by atoms with van der Waals surface area (Å²) in [5, 5.41) is 23.1. The van der Waals surface area contributed by atoms with Crippen LogP contribution in [0.25, 0.3) is 10.6 Å². The standard InChI is InChI=1S/C15H19N3O2S/c19-11-15(6-8-20-9-7-15)10-16-14-18-17-13(21-14)12-4-2-1-3-5-12/h1-5,19H,6-11H2,(H,16,18). The van der Waals surface area contributed by atoms with Gasteiger partial charge in [0.1, 0.15) is 5.01 Å². The Labute approximate surface area is 128 Å². The molecule has 1 aliphatic heterocycles. The van der Waals surface area contributed by atoms with E-state index >= 15 is 0 Å². The molecule has 0 spiro atoms. The number of hydrogen-bond donors (Lipinski definition) is 2. The summed E-state index contributed by atoms with van der Waals surface area (Å²) >= 11 is 1.54. The Bertz CT molecular complexity index is 567. The lowest BCUT2D eigenvalue weighted by molar-refractivity contribution is -0.00858. The van der Waals surface area contributed by atoms with Gasteiger partial charge in [0.05, 0.1) is 6.61 Å². The highest BCUT2D eigenvalue weighted by molar-refractivity contribution is 7.18. The molecule has 0 saturated carbocycles. The Morgan fingerprint density at radius 3 is 2.67 bits per heavy atom. The van der Waals surface area contributed by atoms with E-state index in [0.29, 0.717) is 19.8 Å². The SMILES string of the molecule is OCC1(CNc2nnc(-c3ccccc3)s2)CCOCC1. The second-order valence-electron chi connectivity index (χ2n) is 5.40. The maximum absolute atomic E-state index is 9.67. The van der Waals surface area contributed by atoms with E-state index in [1.807, 2.05) is 30.3 Å². The van der Waals surface area contributed by atoms with E-state index in [0.717, 1.165) is 28.5 Å². The molecule has 1 saturated heterocycles. The largest absolute Gasteiger partial charge is 0.396 e. The molecular formula is C15H19N3O2S. The first-order valence-electron chi connectivity index (χ1n) is 7.13. The monoisotopic (exact) mass is 305 g/mol. The van der Waals surface area contributed by atoms with E-state index in [2.05, 4.69) is 15.5 Å². The van der Waals surface area contributed by atoms with Crippen molar-refractivity contribution in [3.8, 4) is 10.6 Å². The second-order valence-corrected chi connectivity index (χ2v) is 6.38. The molecule has 1 fully saturated rings. The van der Waals surface area contributed by atoms with Crippen LogP contribution in [0.3, 0.4) is 0 Å². The lowest BCUT2D eigenvalue weighted by Crippen LogP contribution is -2.39. The molecule has 0 radical (unpaired) electrons. The van der Waals surface area contributed by atoms with Gasteiger partial charge >= 0.3 is 0 Å². The zero-order chi connectivity index (χ0) is 14.5. The number of ether oxygens (including phenoxy) is 1. The molecule has 0 bridgehead atoms. The van der Waals surface area contributed by atoms with E-state index in [9.17, 15) is 5.11 Å². The van der Waals surface area contributed by atoms with E-state index in [-0.39, 0.29) is 12.0 Å². The minimum Gasteiger partial charge on any atom is -0.396 e. The first-order valence-corrected chi connectivity index (χ1v) is 7.94. The Balaban J connectivity index is 1.65. The average Bonchev–Trinajstić information content (AvgIpc) is 3.04. The van der Waals surface area contributed by atoms with Crippen LogP contribution in [0.15, 0.2) is 30.3 Å². The van der Waals surface area contributed by atoms with E-state index in [1.54, 1.807) is 0 Å². The zero-order valence-corrected chi connectivity index (χ0v) is 12.6. The summed E-state index contributed by atoms with van der Waals surface area (Å²) in [6, 6.07) is 10.0. The molecule has 5 nitrogen and oxygen atoms in total. The minimum atomic E-state index is -0.100. The number of aromatic nitrogens is 2. The van der Waals surface area contributed by atoms with Crippen molar-refractivity contribution < 1.29 is 9.84 Å². The highest BCUT2D eigenvalue weighted by Crippen LogP contribution is 2.32. The maximum atomic E-state index is 9.67. The summed E-state index contributed by atoms with van der Waals surface area (Å²) in [6.45, 7) is 2.31. The van der Waals surface area contributed by atoms with Crippen molar-refractivity contribution in [2.45, 2.75) is 12.8 Å². The van der Waals surface area contributed by atoms with Crippen LogP contribution in [-0.4, -0.2) is 41.7 Å². The molecular weight excluding hydrogens is 286 g/mol. The fraction of sp³-hybridized carbons (Fsp3) is 0.467. The molecule has 6 heteroatoms. The van der Waals surface area contributed by atoms with Crippen molar-refractivity contribution in [3.05, 3.63) is 30.3 Å². The van der Waals surface area contributed by atoms with Crippen molar-refractivity contribution in [1.82, 2.24) is 10.2 Å². The Morgan fingerprint density at radius 2 is 1.95 bits per heavy atom. The number of benzene rings is 1. The third-order valence-electron chi connectivity index (χ3n) is 3.95. The van der Waals surface area contributed by atoms with Crippen LogP contribution in [0.5, 0.6) is 0 Å². The predicted octanol–water partition coefficient (Wildman–Crippen LogP) is 2.41. The Morgan fingerprint density at radius 1 is 1.19 bits per heavy atom. The first-order chi connectivity index (χ1) is 10.3. The number of anilines is 1. The predicted molar refractivity (Wildman–Crippen MR) is 83.4 cm³/mol. The van der Waals surface area contributed by atoms with Gasteiger partial charge in [-0.1, -0.05) is 41.7 Å². The van der Waals surface area contributed by atoms with Crippen molar-refractivity contribution >= 4 is 16.5 Å². The summed E-state index contributed by atoms with van der Waals surface area (Å²) in [7, 11) is 0. The summed E-state index contributed by atoms with van der Waals surface area (Å²) in [6.07, 6.45) is 1.75. The number of hydrogen-bond acceptors (Lipinski definition) is 6. The van der Waals surface area contributed by atoms with Crippen LogP contribution in [0.4, 0.5) is 5.13 Å². The van der Waals surface area contributed by atoms with Crippen LogP contribution >= 0.6 is 11.3 Å². The Hall–Kier alpha value is -1.50. The molecule has 0 atom stereocenters. The molecule has 1 aromatic carbocycles. The van der Waals surface area contributed by atoms with Gasteiger partial charge in [-0.3, -0.25) is 0 Å². The minimum absolute atomic E-state index is 0.100. The third kappa shape index (κ3) is 3.40. The highest BCUT2D eigenvalue weighted by Gasteiger charge is 2.32. The van der Waals surface area contributed by atoms with Gasteiger partial charge in [0.25, 0.3) is 0 Å². The van der Waals surface area contributed by atoms with Gasteiger partial charge in [0.15, 0.2) is 0 Å². The smallest absolute Gasteiger partial charge is 0.206 e. The molecule has 2 heterocycles. The van der Waals surface area contributed by atoms with Crippen molar-refractivity contribution in [3.63, 3.8) is 0 Å². The van der Waals surface area contributed by atoms with E-state index in [1.165, 1.54) is 11.3 Å². The molecule has 112 valence electrons. The topological polar surface area (TPSA) is 67.3 Å². The maximum Gasteiger partial charge on any atom is 0.206 e. The van der Waals surface area contributed by atoms with Gasteiger partial charge in [-0.25, -0.2) is 0 Å². The summed E-state index contributed by atoms with van der Waals surface area (Å²) in [5.41, 5.74) is 0.975. The van der Waals surface area contributed by atoms with Gasteiger partial charge < -0.3 is 15.2 Å². The third-order valence-corrected chi connectivity index (χ3v) is 4.88. The van der Waals surface area contributed by atoms with Crippen LogP contribution in [0.2, 0.25) is 0 Å². The van der Waals surface area contributed by atoms with Gasteiger partial charge in [0, 0.05) is 30.7 Å². The molecule has 2 aromatic rings. The summed E-state index contributed by atoms with van der Waals surface area (Å²) in [4.78, 5) is 0. The number of aliphatic hydroxyl groups excluding tert-OH is 1. The second kappa shape index (κ2) is 6.51. The zero-order valence-electron chi connectivity index (χ0n) is 11.8. The van der Waals surface area contributed by atoms with Gasteiger partial charge in [0.2, 0.25) is 5.13 Å². The van der Waals surface area contributed by atoms with Crippen LogP contribution in [0.1, 0.15) is 12.8 Å². The molecule has 21 heavy (non-hydrogen) atoms. The summed E-state index contributed by atoms with van der Waals surface area (Å²) in [5.74, 6) is 0. The molecule has 2 N–H and O–H groups in total. The van der Waals surface area contributed by atoms with E-state index in [4.69, 9.17) is 4.74 Å². The normalized spacial score (nSPS) is 17.6. The lowest BCUT2D eigenvalue weighted by Gasteiger charge is -2.35. The van der Waals surface area contributed by atoms with Gasteiger partial charge in [-0.2, -0.15) is 0 Å². The highest BCUT2D eigenvalue weighted by atomic mass is 32.1. The number of rotatable bonds is 5. The first kappa shape index (κ1) is 14.4. The quantitative estimate of drug-likeness (QED) is 0.888. The molecule has 0 unspecified atom stereocenters. The van der Waals surface area contributed by atoms with Crippen LogP contribution in [0, 0.1) is 5.41 Å². The van der Waals surface area contributed by atoms with Gasteiger partial charge in [-0.15, -0.1) is 10.2 Å². The van der Waals surface area contributed by atoms with Crippen LogP contribution in [-0.2, 0) is 4.74 Å². The molecule has 3 rings (SSSR count). The molecule has 0 amide bonds. The van der Waals surface area contributed by atoms with E-state index < -0.39 is 0 Å². The summed E-state index contributed by atoms with van der Waals surface area (Å²) < 4.78 is 5.38. The number of aliphatic hydroxyl groups is 1. The fourth-order valence-corrected chi connectivity index (χ4v) is 3.20. The molecule has 1 aromatic heterocycles. The van der Waals surface area contributed by atoms with Crippen molar-refractivity contribution in [2.24, 2.45) is 5.41 Å². The Kier molecular flexibility index (Phi) is 4.48.